The Morgan fingerprint density at radius 2 is 1.83 bits per heavy atom. The van der Waals surface area contributed by atoms with E-state index in [2.05, 4.69) is 10.1 Å². The van der Waals surface area contributed by atoms with Crippen molar-refractivity contribution in [2.45, 2.75) is 19.5 Å². The molecule has 2 aromatic carbocycles. The van der Waals surface area contributed by atoms with Crippen LogP contribution in [0.15, 0.2) is 90.9 Å². The molecule has 0 saturated carbocycles. The molecule has 1 saturated heterocycles. The van der Waals surface area contributed by atoms with Crippen LogP contribution in [0.5, 0.6) is 0 Å². The van der Waals surface area contributed by atoms with Gasteiger partial charge in [-0.3, -0.25) is 14.6 Å². The summed E-state index contributed by atoms with van der Waals surface area (Å²) in [5, 5.41) is 16.3. The lowest BCUT2D eigenvalue weighted by molar-refractivity contribution is -0.140. The van der Waals surface area contributed by atoms with E-state index in [1.54, 1.807) is 54.3 Å². The van der Waals surface area contributed by atoms with Crippen LogP contribution in [0, 0.1) is 6.92 Å². The van der Waals surface area contributed by atoms with E-state index in [4.69, 9.17) is 11.6 Å². The standard InChI is InChI=1S/C27H21ClN4O3/c1-17-22(15-30-32(17)21-10-3-2-4-11-21)25(33)23-24(19-8-5-9-20(28)13-19)31(27(35)26(23)34)16-18-7-6-12-29-14-18/h2-15,24,33H,16H2,1H3. The third-order valence-electron chi connectivity index (χ3n) is 6.05. The van der Waals surface area contributed by atoms with Crippen LogP contribution in [0.25, 0.3) is 11.4 Å². The lowest BCUT2D eigenvalue weighted by Crippen LogP contribution is -2.29. The van der Waals surface area contributed by atoms with E-state index in [1.807, 2.05) is 36.4 Å². The third kappa shape index (κ3) is 4.11. The van der Waals surface area contributed by atoms with E-state index in [0.29, 0.717) is 21.8 Å². The summed E-state index contributed by atoms with van der Waals surface area (Å²) in [6.07, 6.45) is 4.78. The van der Waals surface area contributed by atoms with Gasteiger partial charge in [0.1, 0.15) is 5.76 Å². The highest BCUT2D eigenvalue weighted by Gasteiger charge is 2.46. The number of benzene rings is 2. The van der Waals surface area contributed by atoms with Crippen molar-refractivity contribution in [3.05, 3.63) is 118 Å². The number of rotatable bonds is 5. The summed E-state index contributed by atoms with van der Waals surface area (Å²) in [5.74, 6) is -1.74. The molecule has 1 unspecified atom stereocenters. The van der Waals surface area contributed by atoms with Crippen molar-refractivity contribution in [3.8, 4) is 5.69 Å². The largest absolute Gasteiger partial charge is 0.507 e. The second-order valence-electron chi connectivity index (χ2n) is 8.23. The maximum absolute atomic E-state index is 13.3. The zero-order chi connectivity index (χ0) is 24.5. The maximum atomic E-state index is 13.3. The Kier molecular flexibility index (Phi) is 5.93. The monoisotopic (exact) mass is 484 g/mol. The van der Waals surface area contributed by atoms with Crippen molar-refractivity contribution in [1.82, 2.24) is 19.7 Å². The fourth-order valence-electron chi connectivity index (χ4n) is 4.37. The van der Waals surface area contributed by atoms with Gasteiger partial charge in [0.05, 0.1) is 34.8 Å². The second-order valence-corrected chi connectivity index (χ2v) is 8.67. The Bertz CT molecular complexity index is 1450. The van der Waals surface area contributed by atoms with Crippen molar-refractivity contribution in [2.24, 2.45) is 0 Å². The number of Topliss-reactive ketones (excluding diaryl/α,β-unsaturated/α-hetero) is 1. The van der Waals surface area contributed by atoms with Crippen LogP contribution in [-0.2, 0) is 16.1 Å². The number of carbonyl (C=O) groups is 2. The summed E-state index contributed by atoms with van der Waals surface area (Å²) >= 11 is 6.25. The minimum absolute atomic E-state index is 0.00290. The maximum Gasteiger partial charge on any atom is 0.295 e. The zero-order valence-electron chi connectivity index (χ0n) is 18.8. The SMILES string of the molecule is Cc1c(C(O)=C2C(=O)C(=O)N(Cc3cccnc3)C2c2cccc(Cl)c2)cnn1-c1ccccc1. The molecule has 0 bridgehead atoms. The number of aromatic nitrogens is 3. The fraction of sp³-hybridized carbons (Fsp3) is 0.111. The summed E-state index contributed by atoms with van der Waals surface area (Å²) in [5.41, 5.74) is 3.20. The highest BCUT2D eigenvalue weighted by atomic mass is 35.5. The highest BCUT2D eigenvalue weighted by Crippen LogP contribution is 2.41. The minimum atomic E-state index is -0.826. The Labute approximate surface area is 206 Å². The number of halogens is 1. The van der Waals surface area contributed by atoms with Gasteiger partial charge in [-0.25, -0.2) is 4.68 Å². The smallest absolute Gasteiger partial charge is 0.295 e. The first-order chi connectivity index (χ1) is 17.0. The molecule has 1 aliphatic rings. The van der Waals surface area contributed by atoms with Gasteiger partial charge in [-0.15, -0.1) is 0 Å². The van der Waals surface area contributed by atoms with Crippen LogP contribution in [0.4, 0.5) is 0 Å². The Hall–Kier alpha value is -4.23. The van der Waals surface area contributed by atoms with Crippen LogP contribution in [-0.4, -0.2) is 36.5 Å². The average molecular weight is 485 g/mol. The van der Waals surface area contributed by atoms with Gasteiger partial charge in [0.2, 0.25) is 0 Å². The number of aliphatic hydroxyl groups is 1. The second kappa shape index (κ2) is 9.19. The first-order valence-corrected chi connectivity index (χ1v) is 11.4. The van der Waals surface area contributed by atoms with Gasteiger partial charge in [-0.05, 0) is 48.4 Å². The summed E-state index contributed by atoms with van der Waals surface area (Å²) < 4.78 is 1.68. The van der Waals surface area contributed by atoms with E-state index in [0.717, 1.165) is 11.3 Å². The molecule has 1 aliphatic heterocycles. The number of pyridine rings is 1. The Morgan fingerprint density at radius 1 is 1.03 bits per heavy atom. The third-order valence-corrected chi connectivity index (χ3v) is 6.28. The number of ketones is 1. The van der Waals surface area contributed by atoms with E-state index >= 15 is 0 Å². The molecule has 2 aromatic heterocycles. The number of amides is 1. The average Bonchev–Trinajstić information content (AvgIpc) is 3.37. The lowest BCUT2D eigenvalue weighted by Gasteiger charge is -2.25. The van der Waals surface area contributed by atoms with Crippen LogP contribution >= 0.6 is 11.6 Å². The molecule has 8 heteroatoms. The molecule has 5 rings (SSSR count). The number of hydrogen-bond donors (Lipinski definition) is 1. The van der Waals surface area contributed by atoms with Gasteiger partial charge in [0.15, 0.2) is 0 Å². The first-order valence-electron chi connectivity index (χ1n) is 11.0. The van der Waals surface area contributed by atoms with E-state index in [-0.39, 0.29) is 17.9 Å². The molecular weight excluding hydrogens is 464 g/mol. The Balaban J connectivity index is 1.65. The molecule has 7 nitrogen and oxygen atoms in total. The minimum Gasteiger partial charge on any atom is -0.507 e. The quantitative estimate of drug-likeness (QED) is 0.248. The van der Waals surface area contributed by atoms with Crippen LogP contribution < -0.4 is 0 Å². The molecule has 4 aromatic rings. The molecule has 1 N–H and O–H groups in total. The van der Waals surface area contributed by atoms with Crippen LogP contribution in [0.1, 0.15) is 28.4 Å². The molecule has 1 atom stereocenters. The van der Waals surface area contributed by atoms with E-state index in [1.165, 1.54) is 11.1 Å². The number of carbonyl (C=O) groups excluding carboxylic acids is 2. The van der Waals surface area contributed by atoms with E-state index in [9.17, 15) is 14.7 Å². The van der Waals surface area contributed by atoms with Crippen LogP contribution in [0.3, 0.4) is 0 Å². The summed E-state index contributed by atoms with van der Waals surface area (Å²) in [4.78, 5) is 32.0. The molecule has 3 heterocycles. The van der Waals surface area contributed by atoms with Crippen molar-refractivity contribution < 1.29 is 14.7 Å². The summed E-state index contributed by atoms with van der Waals surface area (Å²) in [6, 6.07) is 19.2. The fourth-order valence-corrected chi connectivity index (χ4v) is 4.57. The first kappa shape index (κ1) is 22.6. The summed E-state index contributed by atoms with van der Waals surface area (Å²) in [7, 11) is 0. The zero-order valence-corrected chi connectivity index (χ0v) is 19.6. The van der Waals surface area contributed by atoms with Gasteiger partial charge < -0.3 is 10.0 Å². The Morgan fingerprint density at radius 3 is 2.54 bits per heavy atom. The van der Waals surface area contributed by atoms with Crippen molar-refractivity contribution in [3.63, 3.8) is 0 Å². The summed E-state index contributed by atoms with van der Waals surface area (Å²) in [6.45, 7) is 1.95. The molecule has 0 spiro atoms. The molecule has 1 amide bonds. The normalized spacial score (nSPS) is 17.2. The van der Waals surface area contributed by atoms with Gasteiger partial charge >= 0.3 is 0 Å². The molecule has 0 aliphatic carbocycles. The molecule has 35 heavy (non-hydrogen) atoms. The number of para-hydroxylation sites is 1. The van der Waals surface area contributed by atoms with Crippen molar-refractivity contribution in [2.75, 3.05) is 0 Å². The predicted octanol–water partition coefficient (Wildman–Crippen LogP) is 4.85. The molecule has 0 radical (unpaired) electrons. The van der Waals surface area contributed by atoms with Gasteiger partial charge in [0, 0.05) is 24.0 Å². The molecular formula is C27H21ClN4O3. The number of nitrogens with zero attached hydrogens (tertiary/aromatic N) is 4. The lowest BCUT2D eigenvalue weighted by atomic mass is 9.95. The van der Waals surface area contributed by atoms with E-state index < -0.39 is 17.7 Å². The predicted molar refractivity (Wildman–Crippen MR) is 132 cm³/mol. The molecule has 174 valence electrons. The van der Waals surface area contributed by atoms with Gasteiger partial charge in [-0.1, -0.05) is 48.0 Å². The number of aliphatic hydroxyl groups excluding tert-OH is 1. The number of hydrogen-bond acceptors (Lipinski definition) is 5. The van der Waals surface area contributed by atoms with Crippen molar-refractivity contribution in [1.29, 1.82) is 0 Å². The highest BCUT2D eigenvalue weighted by molar-refractivity contribution is 6.46. The number of likely N-dealkylation sites (tertiary alicyclic amines) is 1. The van der Waals surface area contributed by atoms with Crippen LogP contribution in [0.2, 0.25) is 5.02 Å². The van der Waals surface area contributed by atoms with Crippen molar-refractivity contribution >= 4 is 29.1 Å². The molecule has 1 fully saturated rings. The topological polar surface area (TPSA) is 88.3 Å². The van der Waals surface area contributed by atoms with Gasteiger partial charge in [-0.2, -0.15) is 5.10 Å². The van der Waals surface area contributed by atoms with Gasteiger partial charge in [0.25, 0.3) is 11.7 Å².